The monoisotopic (exact) mass is 279 g/mol. The lowest BCUT2D eigenvalue weighted by Crippen LogP contribution is -2.16. The van der Waals surface area contributed by atoms with Gasteiger partial charge in [0.15, 0.2) is 23.3 Å². The van der Waals surface area contributed by atoms with Gasteiger partial charge in [-0.25, -0.2) is 22.0 Å². The van der Waals surface area contributed by atoms with E-state index in [4.69, 9.17) is 0 Å². The molecule has 0 spiro atoms. The molecule has 0 fully saturated rings. The molecule has 0 bridgehead atoms. The molecule has 6 heteroatoms. The molecule has 0 aromatic heterocycles. The second-order valence-electron chi connectivity index (χ2n) is 4.15. The van der Waals surface area contributed by atoms with Crippen LogP contribution in [0.3, 0.4) is 0 Å². The highest BCUT2D eigenvalue weighted by molar-refractivity contribution is 5.54. The van der Waals surface area contributed by atoms with Gasteiger partial charge in [0.25, 0.3) is 0 Å². The molecular formula is C13H14F5N. The maximum absolute atomic E-state index is 13.4. The zero-order chi connectivity index (χ0) is 14.6. The average Bonchev–Trinajstić information content (AvgIpc) is 2.39. The van der Waals surface area contributed by atoms with Crippen molar-refractivity contribution in [3.63, 3.8) is 0 Å². The van der Waals surface area contributed by atoms with Gasteiger partial charge in [0.05, 0.1) is 5.56 Å². The Morgan fingerprint density at radius 1 is 0.947 bits per heavy atom. The molecule has 0 aliphatic carbocycles. The van der Waals surface area contributed by atoms with Crippen molar-refractivity contribution in [3.05, 3.63) is 40.2 Å². The van der Waals surface area contributed by atoms with E-state index in [0.717, 1.165) is 12.5 Å². The maximum atomic E-state index is 13.4. The van der Waals surface area contributed by atoms with Crippen LogP contribution in [0.25, 0.3) is 6.08 Å². The third-order valence-electron chi connectivity index (χ3n) is 2.47. The molecule has 106 valence electrons. The van der Waals surface area contributed by atoms with Gasteiger partial charge in [-0.05, 0) is 26.0 Å². The Morgan fingerprint density at radius 2 is 1.42 bits per heavy atom. The lowest BCUT2D eigenvalue weighted by molar-refractivity contribution is 0.377. The Hall–Kier alpha value is -1.43. The molecule has 1 nitrogen and oxygen atoms in total. The summed E-state index contributed by atoms with van der Waals surface area (Å²) in [5.41, 5.74) is -0.441. The van der Waals surface area contributed by atoms with Crippen LogP contribution in [0.4, 0.5) is 22.0 Å². The van der Waals surface area contributed by atoms with E-state index in [2.05, 4.69) is 5.32 Å². The van der Waals surface area contributed by atoms with Crippen LogP contribution in [-0.4, -0.2) is 13.1 Å². The number of benzene rings is 1. The van der Waals surface area contributed by atoms with Gasteiger partial charge >= 0.3 is 0 Å². The standard InChI is InChI=1S/C13H14F5N/c1-3-4-19-6-7(2)5-8-9(14)11(16)13(18)12(17)10(8)15/h5,19H,3-4,6H2,1-2H3. The Morgan fingerprint density at radius 3 is 1.89 bits per heavy atom. The van der Waals surface area contributed by atoms with E-state index in [9.17, 15) is 22.0 Å². The predicted molar refractivity (Wildman–Crippen MR) is 63.0 cm³/mol. The van der Waals surface area contributed by atoms with Gasteiger partial charge in [-0.1, -0.05) is 12.5 Å². The largest absolute Gasteiger partial charge is 0.313 e. The van der Waals surface area contributed by atoms with Crippen molar-refractivity contribution in [3.8, 4) is 0 Å². The number of halogens is 5. The summed E-state index contributed by atoms with van der Waals surface area (Å²) in [4.78, 5) is 0. The summed E-state index contributed by atoms with van der Waals surface area (Å²) in [5.74, 6) is -9.63. The zero-order valence-electron chi connectivity index (χ0n) is 10.6. The molecule has 0 saturated heterocycles. The second-order valence-corrected chi connectivity index (χ2v) is 4.15. The van der Waals surface area contributed by atoms with Crippen molar-refractivity contribution in [1.82, 2.24) is 5.32 Å². The highest BCUT2D eigenvalue weighted by atomic mass is 19.2. The van der Waals surface area contributed by atoms with Gasteiger partial charge in [-0.3, -0.25) is 0 Å². The van der Waals surface area contributed by atoms with Crippen molar-refractivity contribution < 1.29 is 22.0 Å². The molecule has 0 saturated carbocycles. The first-order valence-electron chi connectivity index (χ1n) is 5.79. The van der Waals surface area contributed by atoms with E-state index in [0.29, 0.717) is 18.7 Å². The molecule has 1 N–H and O–H groups in total. The molecule has 0 unspecified atom stereocenters. The van der Waals surface area contributed by atoms with Crippen LogP contribution in [0.2, 0.25) is 0 Å². The Bertz CT molecular complexity index is 467. The van der Waals surface area contributed by atoms with Gasteiger partial charge in [0, 0.05) is 6.54 Å². The van der Waals surface area contributed by atoms with Crippen molar-refractivity contribution in [2.75, 3.05) is 13.1 Å². The molecule has 0 aliphatic rings. The van der Waals surface area contributed by atoms with Gasteiger partial charge < -0.3 is 5.32 Å². The molecule has 1 rings (SSSR count). The predicted octanol–water partition coefficient (Wildman–Crippen LogP) is 3.79. The third-order valence-corrected chi connectivity index (χ3v) is 2.47. The summed E-state index contributed by atoms with van der Waals surface area (Å²) in [6, 6.07) is 0. The van der Waals surface area contributed by atoms with Crippen LogP contribution in [-0.2, 0) is 0 Å². The number of hydrogen-bond acceptors (Lipinski definition) is 1. The van der Waals surface area contributed by atoms with Crippen LogP contribution in [0.5, 0.6) is 0 Å². The Kier molecular flexibility index (Phi) is 5.47. The van der Waals surface area contributed by atoms with Crippen molar-refractivity contribution in [2.24, 2.45) is 0 Å². The molecule has 19 heavy (non-hydrogen) atoms. The summed E-state index contributed by atoms with van der Waals surface area (Å²) in [7, 11) is 0. The van der Waals surface area contributed by atoms with Crippen LogP contribution < -0.4 is 5.32 Å². The molecular weight excluding hydrogens is 265 g/mol. The maximum Gasteiger partial charge on any atom is 0.200 e. The number of hydrogen-bond donors (Lipinski definition) is 1. The molecule has 1 aromatic carbocycles. The minimum atomic E-state index is -2.14. The lowest BCUT2D eigenvalue weighted by atomic mass is 10.1. The van der Waals surface area contributed by atoms with Crippen LogP contribution in [0, 0.1) is 29.1 Å². The molecule has 0 aliphatic heterocycles. The van der Waals surface area contributed by atoms with Crippen LogP contribution >= 0.6 is 0 Å². The van der Waals surface area contributed by atoms with Crippen molar-refractivity contribution in [1.29, 1.82) is 0 Å². The van der Waals surface area contributed by atoms with Crippen LogP contribution in [0.15, 0.2) is 5.57 Å². The first kappa shape index (κ1) is 15.6. The average molecular weight is 279 g/mol. The topological polar surface area (TPSA) is 12.0 Å². The Labute approximate surface area is 108 Å². The molecule has 1 aromatic rings. The highest BCUT2D eigenvalue weighted by Gasteiger charge is 2.24. The first-order chi connectivity index (χ1) is 8.90. The van der Waals surface area contributed by atoms with E-state index in [1.807, 2.05) is 6.92 Å². The summed E-state index contributed by atoms with van der Waals surface area (Å²) in [6.07, 6.45) is 1.83. The fraction of sp³-hybridized carbons (Fsp3) is 0.385. The summed E-state index contributed by atoms with van der Waals surface area (Å²) in [6.45, 7) is 4.49. The van der Waals surface area contributed by atoms with E-state index in [1.54, 1.807) is 6.92 Å². The fourth-order valence-corrected chi connectivity index (χ4v) is 1.51. The third kappa shape index (κ3) is 3.53. The van der Waals surface area contributed by atoms with Gasteiger partial charge in [0.2, 0.25) is 5.82 Å². The zero-order valence-corrected chi connectivity index (χ0v) is 10.6. The van der Waals surface area contributed by atoms with Gasteiger partial charge in [0.1, 0.15) is 0 Å². The summed E-state index contributed by atoms with van der Waals surface area (Å²) >= 11 is 0. The van der Waals surface area contributed by atoms with Crippen LogP contribution in [0.1, 0.15) is 25.8 Å². The van der Waals surface area contributed by atoms with E-state index < -0.39 is 34.6 Å². The smallest absolute Gasteiger partial charge is 0.200 e. The van der Waals surface area contributed by atoms with E-state index in [-0.39, 0.29) is 0 Å². The summed E-state index contributed by atoms with van der Waals surface area (Å²) in [5, 5.41) is 2.96. The number of rotatable bonds is 5. The van der Waals surface area contributed by atoms with Crippen molar-refractivity contribution in [2.45, 2.75) is 20.3 Å². The lowest BCUT2D eigenvalue weighted by Gasteiger charge is -2.07. The number of nitrogens with one attached hydrogen (secondary N) is 1. The van der Waals surface area contributed by atoms with Gasteiger partial charge in [-0.2, -0.15) is 0 Å². The second kappa shape index (κ2) is 6.65. The molecule has 0 amide bonds. The van der Waals surface area contributed by atoms with Gasteiger partial charge in [-0.15, -0.1) is 0 Å². The first-order valence-corrected chi connectivity index (χ1v) is 5.79. The highest BCUT2D eigenvalue weighted by Crippen LogP contribution is 2.24. The fourth-order valence-electron chi connectivity index (χ4n) is 1.51. The van der Waals surface area contributed by atoms with Crippen molar-refractivity contribution >= 4 is 6.08 Å². The van der Waals surface area contributed by atoms with E-state index >= 15 is 0 Å². The Balaban J connectivity index is 3.11. The SMILES string of the molecule is CCCNCC(C)=Cc1c(F)c(F)c(F)c(F)c1F. The molecule has 0 radical (unpaired) electrons. The normalized spacial score (nSPS) is 12.1. The minimum absolute atomic E-state index is 0.313. The molecule has 0 heterocycles. The minimum Gasteiger partial charge on any atom is -0.313 e. The quantitative estimate of drug-likeness (QED) is 0.374. The molecule has 0 atom stereocenters. The summed E-state index contributed by atoms with van der Waals surface area (Å²) < 4.78 is 65.5. The van der Waals surface area contributed by atoms with E-state index in [1.165, 1.54) is 0 Å².